The summed E-state index contributed by atoms with van der Waals surface area (Å²) in [6.45, 7) is 1.60. The number of primary amides is 1. The minimum Gasteiger partial charge on any atom is -0.352 e. The van der Waals surface area contributed by atoms with E-state index >= 15 is 0 Å². The summed E-state index contributed by atoms with van der Waals surface area (Å²) in [7, 11) is 0. The van der Waals surface area contributed by atoms with Gasteiger partial charge in [0.1, 0.15) is 6.04 Å². The Kier molecular flexibility index (Phi) is 6.18. The highest BCUT2D eigenvalue weighted by Crippen LogP contribution is 2.12. The Balaban J connectivity index is 2.53. The van der Waals surface area contributed by atoms with E-state index in [0.717, 1.165) is 31.7 Å². The lowest BCUT2D eigenvalue weighted by Crippen LogP contribution is -2.51. The number of rotatable bonds is 5. The molecule has 0 bridgehead atoms. The maximum atomic E-state index is 12.2. The van der Waals surface area contributed by atoms with Gasteiger partial charge < -0.3 is 16.0 Å². The summed E-state index contributed by atoms with van der Waals surface area (Å²) in [5.41, 5.74) is 5.10. The number of nitrogens with zero attached hydrogens (tertiary/aromatic N) is 1. The van der Waals surface area contributed by atoms with Crippen LogP contribution in [0.5, 0.6) is 0 Å². The lowest BCUT2D eigenvalue weighted by Gasteiger charge is -2.30. The number of carbonyl (C=O) groups is 2. The Morgan fingerprint density at radius 1 is 1.35 bits per heavy atom. The fraction of sp³-hybridized carbons (Fsp3) is 0.818. The highest BCUT2D eigenvalue weighted by atomic mass is 32.2. The van der Waals surface area contributed by atoms with Crippen LogP contribution in [0.2, 0.25) is 0 Å². The average molecular weight is 259 g/mol. The van der Waals surface area contributed by atoms with E-state index in [1.807, 2.05) is 11.2 Å². The molecule has 6 heteroatoms. The van der Waals surface area contributed by atoms with Crippen LogP contribution in [0.15, 0.2) is 0 Å². The van der Waals surface area contributed by atoms with Gasteiger partial charge >= 0.3 is 6.03 Å². The first-order valence-electron chi connectivity index (χ1n) is 5.99. The lowest BCUT2D eigenvalue weighted by atomic mass is 10.1. The van der Waals surface area contributed by atoms with Crippen LogP contribution >= 0.6 is 11.8 Å². The quantitative estimate of drug-likeness (QED) is 0.766. The number of hydrogen-bond donors (Lipinski definition) is 2. The van der Waals surface area contributed by atoms with Crippen LogP contribution in [-0.4, -0.2) is 48.0 Å². The van der Waals surface area contributed by atoms with Crippen molar-refractivity contribution in [2.24, 2.45) is 5.73 Å². The van der Waals surface area contributed by atoms with Gasteiger partial charge in [-0.25, -0.2) is 4.79 Å². The minimum absolute atomic E-state index is 0.0116. The molecule has 0 saturated carbocycles. The molecule has 0 aromatic heterocycles. The van der Waals surface area contributed by atoms with E-state index in [-0.39, 0.29) is 5.91 Å². The Hall–Kier alpha value is -0.910. The highest BCUT2D eigenvalue weighted by Gasteiger charge is 2.25. The molecule has 1 aliphatic heterocycles. The van der Waals surface area contributed by atoms with Crippen molar-refractivity contribution in [1.29, 1.82) is 0 Å². The van der Waals surface area contributed by atoms with Gasteiger partial charge in [0.25, 0.3) is 0 Å². The fourth-order valence-electron chi connectivity index (χ4n) is 2.00. The van der Waals surface area contributed by atoms with Crippen molar-refractivity contribution >= 4 is 23.7 Å². The number of likely N-dealkylation sites (tertiary alicyclic amines) is 1. The van der Waals surface area contributed by atoms with Gasteiger partial charge in [-0.1, -0.05) is 0 Å². The average Bonchev–Trinajstić information content (AvgIpc) is 2.34. The summed E-state index contributed by atoms with van der Waals surface area (Å²) in [5, 5.41) is 2.55. The summed E-state index contributed by atoms with van der Waals surface area (Å²) < 4.78 is 0. The molecule has 0 spiro atoms. The Bertz CT molecular complexity index is 267. The van der Waals surface area contributed by atoms with Gasteiger partial charge in [0.05, 0.1) is 0 Å². The van der Waals surface area contributed by atoms with Crippen LogP contribution < -0.4 is 11.1 Å². The van der Waals surface area contributed by atoms with Crippen LogP contribution in [0.3, 0.4) is 0 Å². The van der Waals surface area contributed by atoms with E-state index in [2.05, 4.69) is 5.32 Å². The molecular weight excluding hydrogens is 238 g/mol. The van der Waals surface area contributed by atoms with Crippen LogP contribution in [0.4, 0.5) is 4.79 Å². The first kappa shape index (κ1) is 14.2. The molecule has 3 N–H and O–H groups in total. The van der Waals surface area contributed by atoms with Crippen molar-refractivity contribution in [2.45, 2.75) is 31.7 Å². The van der Waals surface area contributed by atoms with Gasteiger partial charge in [0.2, 0.25) is 5.91 Å². The third-order valence-electron chi connectivity index (χ3n) is 2.89. The molecule has 0 aromatic carbocycles. The Morgan fingerprint density at radius 3 is 2.53 bits per heavy atom. The third-order valence-corrected chi connectivity index (χ3v) is 3.54. The lowest BCUT2D eigenvalue weighted by molar-refractivity contribution is -0.134. The van der Waals surface area contributed by atoms with Crippen molar-refractivity contribution < 1.29 is 9.59 Å². The zero-order chi connectivity index (χ0) is 12.7. The first-order chi connectivity index (χ1) is 8.15. The molecule has 0 aliphatic carbocycles. The number of amides is 3. The maximum Gasteiger partial charge on any atom is 0.312 e. The molecule has 1 saturated heterocycles. The normalized spacial score (nSPS) is 17.6. The molecule has 1 aliphatic rings. The molecule has 3 amide bonds. The van der Waals surface area contributed by atoms with E-state index in [1.54, 1.807) is 11.8 Å². The predicted molar refractivity (Wildman–Crippen MR) is 69.9 cm³/mol. The predicted octanol–water partition coefficient (Wildman–Crippen LogP) is 0.789. The number of urea groups is 1. The van der Waals surface area contributed by atoms with Crippen LogP contribution in [0, 0.1) is 0 Å². The number of thioether (sulfide) groups is 1. The maximum absolute atomic E-state index is 12.2. The summed E-state index contributed by atoms with van der Waals surface area (Å²) in [5.74, 6) is 0.849. The molecule has 1 fully saturated rings. The van der Waals surface area contributed by atoms with Gasteiger partial charge in [0.15, 0.2) is 0 Å². The molecule has 1 rings (SSSR count). The molecular formula is C11H21N3O2S. The standard InChI is InChI=1S/C11H21N3O2S/c1-17-8-5-9(13-11(12)16)10(15)14-6-3-2-4-7-14/h9H,2-8H2,1H3,(H3,12,13,16)/t9-/m0/s1. The Morgan fingerprint density at radius 2 is 2.00 bits per heavy atom. The second kappa shape index (κ2) is 7.42. The van der Waals surface area contributed by atoms with Crippen molar-refractivity contribution in [2.75, 3.05) is 25.1 Å². The van der Waals surface area contributed by atoms with Crippen molar-refractivity contribution in [3.05, 3.63) is 0 Å². The van der Waals surface area contributed by atoms with Gasteiger partial charge in [-0.3, -0.25) is 4.79 Å². The minimum atomic E-state index is -0.624. The first-order valence-corrected chi connectivity index (χ1v) is 7.38. The van der Waals surface area contributed by atoms with E-state index in [1.165, 1.54) is 6.42 Å². The van der Waals surface area contributed by atoms with Gasteiger partial charge in [-0.2, -0.15) is 11.8 Å². The summed E-state index contributed by atoms with van der Waals surface area (Å²) in [4.78, 5) is 24.9. The monoisotopic (exact) mass is 259 g/mol. The molecule has 0 radical (unpaired) electrons. The zero-order valence-corrected chi connectivity index (χ0v) is 11.1. The van der Waals surface area contributed by atoms with Crippen LogP contribution in [-0.2, 0) is 4.79 Å². The van der Waals surface area contributed by atoms with E-state index < -0.39 is 12.1 Å². The zero-order valence-electron chi connectivity index (χ0n) is 10.3. The number of piperidine rings is 1. The van der Waals surface area contributed by atoms with Crippen molar-refractivity contribution in [3.8, 4) is 0 Å². The second-order valence-corrected chi connectivity index (χ2v) is 5.21. The van der Waals surface area contributed by atoms with Gasteiger partial charge in [0, 0.05) is 13.1 Å². The topological polar surface area (TPSA) is 75.4 Å². The molecule has 5 nitrogen and oxygen atoms in total. The molecule has 0 aromatic rings. The molecule has 1 atom stereocenters. The largest absolute Gasteiger partial charge is 0.352 e. The fourth-order valence-corrected chi connectivity index (χ4v) is 2.47. The van der Waals surface area contributed by atoms with Gasteiger partial charge in [-0.05, 0) is 37.7 Å². The summed E-state index contributed by atoms with van der Waals surface area (Å²) in [6, 6.07) is -1.08. The summed E-state index contributed by atoms with van der Waals surface area (Å²) >= 11 is 1.66. The van der Waals surface area contributed by atoms with Gasteiger partial charge in [-0.15, -0.1) is 0 Å². The number of carbonyl (C=O) groups excluding carboxylic acids is 2. The van der Waals surface area contributed by atoms with E-state index in [0.29, 0.717) is 6.42 Å². The van der Waals surface area contributed by atoms with Crippen molar-refractivity contribution in [1.82, 2.24) is 10.2 Å². The van der Waals surface area contributed by atoms with Crippen molar-refractivity contribution in [3.63, 3.8) is 0 Å². The van der Waals surface area contributed by atoms with E-state index in [4.69, 9.17) is 5.73 Å². The highest BCUT2D eigenvalue weighted by molar-refractivity contribution is 7.98. The van der Waals surface area contributed by atoms with Crippen LogP contribution in [0.1, 0.15) is 25.7 Å². The number of nitrogens with two attached hydrogens (primary N) is 1. The summed E-state index contributed by atoms with van der Waals surface area (Å²) in [6.07, 6.45) is 5.91. The molecule has 1 heterocycles. The number of nitrogens with one attached hydrogen (secondary N) is 1. The van der Waals surface area contributed by atoms with E-state index in [9.17, 15) is 9.59 Å². The smallest absolute Gasteiger partial charge is 0.312 e. The SMILES string of the molecule is CSCC[C@H](NC(N)=O)C(=O)N1CCCCC1. The third kappa shape index (κ3) is 4.85. The van der Waals surface area contributed by atoms with Crippen LogP contribution in [0.25, 0.3) is 0 Å². The molecule has 98 valence electrons. The molecule has 17 heavy (non-hydrogen) atoms. The second-order valence-electron chi connectivity index (χ2n) is 4.23. The Labute approximate surface area is 106 Å². The molecule has 0 unspecified atom stereocenters. The number of hydrogen-bond acceptors (Lipinski definition) is 3.